The summed E-state index contributed by atoms with van der Waals surface area (Å²) in [5.74, 6) is 0.798. The standard InChI is InChI=1S/C15H26N2O/c1-5-10-18-15-11-13(8-9-14(15)16)17(4)12(6-2)7-3/h8-9,11-12H,5-7,10,16H2,1-4H3. The third-order valence-corrected chi connectivity index (χ3v) is 3.36. The number of benzene rings is 1. The fourth-order valence-corrected chi connectivity index (χ4v) is 2.13. The highest BCUT2D eigenvalue weighted by atomic mass is 16.5. The largest absolute Gasteiger partial charge is 0.491 e. The lowest BCUT2D eigenvalue weighted by atomic mass is 10.1. The summed E-state index contributed by atoms with van der Waals surface area (Å²) >= 11 is 0. The SMILES string of the molecule is CCCOc1cc(N(C)C(CC)CC)ccc1N. The zero-order valence-corrected chi connectivity index (χ0v) is 12.1. The molecule has 0 saturated carbocycles. The van der Waals surface area contributed by atoms with Gasteiger partial charge >= 0.3 is 0 Å². The number of nitrogens with two attached hydrogens (primary N) is 1. The number of nitrogen functional groups attached to an aromatic ring is 1. The van der Waals surface area contributed by atoms with Crippen LogP contribution in [0.15, 0.2) is 18.2 Å². The van der Waals surface area contributed by atoms with Gasteiger partial charge in [0.1, 0.15) is 5.75 Å². The van der Waals surface area contributed by atoms with Crippen LogP contribution in [-0.2, 0) is 0 Å². The van der Waals surface area contributed by atoms with Gasteiger partial charge in [-0.15, -0.1) is 0 Å². The fourth-order valence-electron chi connectivity index (χ4n) is 2.13. The number of nitrogens with zero attached hydrogens (tertiary/aromatic N) is 1. The van der Waals surface area contributed by atoms with E-state index < -0.39 is 0 Å². The van der Waals surface area contributed by atoms with E-state index >= 15 is 0 Å². The Morgan fingerprint density at radius 1 is 1.22 bits per heavy atom. The second-order valence-corrected chi connectivity index (χ2v) is 4.65. The van der Waals surface area contributed by atoms with Crippen LogP contribution in [0.25, 0.3) is 0 Å². The first-order valence-corrected chi connectivity index (χ1v) is 6.89. The number of hydrogen-bond acceptors (Lipinski definition) is 3. The maximum absolute atomic E-state index is 5.93. The van der Waals surface area contributed by atoms with E-state index in [1.54, 1.807) is 0 Å². The minimum atomic E-state index is 0.563. The highest BCUT2D eigenvalue weighted by molar-refractivity contribution is 5.62. The third kappa shape index (κ3) is 3.56. The first-order chi connectivity index (χ1) is 8.63. The van der Waals surface area contributed by atoms with Crippen LogP contribution in [0.5, 0.6) is 5.75 Å². The Morgan fingerprint density at radius 2 is 1.89 bits per heavy atom. The Balaban J connectivity index is 2.89. The Hall–Kier alpha value is -1.38. The summed E-state index contributed by atoms with van der Waals surface area (Å²) in [5, 5.41) is 0. The van der Waals surface area contributed by atoms with E-state index in [9.17, 15) is 0 Å². The summed E-state index contributed by atoms with van der Waals surface area (Å²) in [6.07, 6.45) is 3.27. The molecule has 18 heavy (non-hydrogen) atoms. The Kier molecular flexibility index (Phi) is 5.83. The average Bonchev–Trinajstić information content (AvgIpc) is 2.39. The van der Waals surface area contributed by atoms with E-state index in [0.29, 0.717) is 18.3 Å². The van der Waals surface area contributed by atoms with Gasteiger partial charge in [0.25, 0.3) is 0 Å². The second kappa shape index (κ2) is 7.14. The van der Waals surface area contributed by atoms with Crippen LogP contribution < -0.4 is 15.4 Å². The first-order valence-electron chi connectivity index (χ1n) is 6.89. The highest BCUT2D eigenvalue weighted by Gasteiger charge is 2.12. The van der Waals surface area contributed by atoms with Gasteiger partial charge in [-0.3, -0.25) is 0 Å². The molecule has 0 aliphatic rings. The molecule has 0 bridgehead atoms. The minimum Gasteiger partial charge on any atom is -0.491 e. The molecule has 0 aromatic heterocycles. The van der Waals surface area contributed by atoms with Crippen LogP contribution in [0.3, 0.4) is 0 Å². The summed E-state index contributed by atoms with van der Waals surface area (Å²) in [6.45, 7) is 7.24. The van der Waals surface area contributed by atoms with Crippen molar-refractivity contribution in [3.8, 4) is 5.75 Å². The van der Waals surface area contributed by atoms with Gasteiger partial charge in [-0.25, -0.2) is 0 Å². The highest BCUT2D eigenvalue weighted by Crippen LogP contribution is 2.29. The van der Waals surface area contributed by atoms with Crippen molar-refractivity contribution in [3.63, 3.8) is 0 Å². The van der Waals surface area contributed by atoms with E-state index in [1.807, 2.05) is 12.1 Å². The van der Waals surface area contributed by atoms with Gasteiger partial charge in [-0.05, 0) is 31.4 Å². The summed E-state index contributed by atoms with van der Waals surface area (Å²) < 4.78 is 5.67. The molecule has 0 aliphatic carbocycles. The molecule has 0 spiro atoms. The summed E-state index contributed by atoms with van der Waals surface area (Å²) in [6, 6.07) is 6.60. The molecule has 1 aromatic rings. The van der Waals surface area contributed by atoms with Crippen molar-refractivity contribution < 1.29 is 4.74 Å². The third-order valence-electron chi connectivity index (χ3n) is 3.36. The van der Waals surface area contributed by atoms with Crippen molar-refractivity contribution in [2.75, 3.05) is 24.3 Å². The van der Waals surface area contributed by atoms with Crippen LogP contribution in [0.1, 0.15) is 40.0 Å². The number of anilines is 2. The van der Waals surface area contributed by atoms with Crippen molar-refractivity contribution in [2.45, 2.75) is 46.1 Å². The predicted molar refractivity (Wildman–Crippen MR) is 79.4 cm³/mol. The van der Waals surface area contributed by atoms with E-state index in [-0.39, 0.29) is 0 Å². The molecule has 0 heterocycles. The lowest BCUT2D eigenvalue weighted by Gasteiger charge is -2.29. The van der Waals surface area contributed by atoms with Crippen molar-refractivity contribution in [2.24, 2.45) is 0 Å². The molecule has 102 valence electrons. The van der Waals surface area contributed by atoms with Gasteiger partial charge < -0.3 is 15.4 Å². The number of rotatable bonds is 7. The number of hydrogen-bond donors (Lipinski definition) is 1. The zero-order valence-electron chi connectivity index (χ0n) is 12.1. The van der Waals surface area contributed by atoms with Gasteiger partial charge in [0.2, 0.25) is 0 Å². The molecule has 0 fully saturated rings. The van der Waals surface area contributed by atoms with Gasteiger partial charge in [-0.2, -0.15) is 0 Å². The van der Waals surface area contributed by atoms with E-state index in [1.165, 1.54) is 5.69 Å². The van der Waals surface area contributed by atoms with Crippen molar-refractivity contribution in [1.82, 2.24) is 0 Å². The van der Waals surface area contributed by atoms with Gasteiger partial charge in [0.15, 0.2) is 0 Å². The van der Waals surface area contributed by atoms with Crippen molar-refractivity contribution in [3.05, 3.63) is 18.2 Å². The first kappa shape index (κ1) is 14.7. The summed E-state index contributed by atoms with van der Waals surface area (Å²) in [4.78, 5) is 2.30. The van der Waals surface area contributed by atoms with E-state index in [0.717, 1.165) is 25.0 Å². The van der Waals surface area contributed by atoms with Crippen LogP contribution >= 0.6 is 0 Å². The van der Waals surface area contributed by atoms with E-state index in [2.05, 4.69) is 38.8 Å². The Bertz CT molecular complexity index is 362. The molecular weight excluding hydrogens is 224 g/mol. The Labute approximate surface area is 111 Å². The molecule has 3 heteroatoms. The molecule has 0 amide bonds. The maximum atomic E-state index is 5.93. The number of ether oxygens (including phenoxy) is 1. The van der Waals surface area contributed by atoms with Crippen molar-refractivity contribution >= 4 is 11.4 Å². The minimum absolute atomic E-state index is 0.563. The van der Waals surface area contributed by atoms with Gasteiger partial charge in [0, 0.05) is 24.8 Å². The summed E-state index contributed by atoms with van der Waals surface area (Å²) in [7, 11) is 2.13. The molecule has 0 atom stereocenters. The van der Waals surface area contributed by atoms with Crippen LogP contribution in [0.4, 0.5) is 11.4 Å². The van der Waals surface area contributed by atoms with Crippen LogP contribution in [0, 0.1) is 0 Å². The molecule has 1 rings (SSSR count). The Morgan fingerprint density at radius 3 is 2.44 bits per heavy atom. The second-order valence-electron chi connectivity index (χ2n) is 4.65. The average molecular weight is 250 g/mol. The van der Waals surface area contributed by atoms with Crippen LogP contribution in [-0.4, -0.2) is 19.7 Å². The van der Waals surface area contributed by atoms with E-state index in [4.69, 9.17) is 10.5 Å². The molecule has 0 unspecified atom stereocenters. The molecule has 0 aliphatic heterocycles. The lowest BCUT2D eigenvalue weighted by molar-refractivity contribution is 0.319. The quantitative estimate of drug-likeness (QED) is 0.750. The normalized spacial score (nSPS) is 10.7. The van der Waals surface area contributed by atoms with Gasteiger partial charge in [-0.1, -0.05) is 20.8 Å². The van der Waals surface area contributed by atoms with Crippen LogP contribution in [0.2, 0.25) is 0 Å². The van der Waals surface area contributed by atoms with Crippen molar-refractivity contribution in [1.29, 1.82) is 0 Å². The molecule has 0 radical (unpaired) electrons. The monoisotopic (exact) mass is 250 g/mol. The predicted octanol–water partition coefficient (Wildman–Crippen LogP) is 3.68. The molecule has 2 N–H and O–H groups in total. The zero-order chi connectivity index (χ0) is 13.5. The maximum Gasteiger partial charge on any atom is 0.144 e. The molecular formula is C15H26N2O. The topological polar surface area (TPSA) is 38.5 Å². The molecule has 0 saturated heterocycles. The van der Waals surface area contributed by atoms with Gasteiger partial charge in [0.05, 0.1) is 12.3 Å². The molecule has 1 aromatic carbocycles. The molecule has 3 nitrogen and oxygen atoms in total. The lowest BCUT2D eigenvalue weighted by Crippen LogP contribution is -2.30. The summed E-state index contributed by atoms with van der Waals surface area (Å²) in [5.41, 5.74) is 7.81. The smallest absolute Gasteiger partial charge is 0.144 e. The fraction of sp³-hybridized carbons (Fsp3) is 0.600.